The number of hydrogen-bond donors (Lipinski definition) is 3. The Kier molecular flexibility index (Phi) is 5.68. The second kappa shape index (κ2) is 8.12. The highest BCUT2D eigenvalue weighted by Crippen LogP contribution is 2.55. The molecular weight excluding hydrogens is 382 g/mol. The Morgan fingerprint density at radius 1 is 1.17 bits per heavy atom. The summed E-state index contributed by atoms with van der Waals surface area (Å²) < 4.78 is 1.40. The summed E-state index contributed by atoms with van der Waals surface area (Å²) in [4.78, 5) is 41.9. The molecule has 0 aromatic carbocycles. The molecule has 5 rings (SSSR count). The quantitative estimate of drug-likeness (QED) is 0.597. The molecule has 8 heteroatoms. The van der Waals surface area contributed by atoms with Crippen LogP contribution in [-0.4, -0.2) is 34.1 Å². The van der Waals surface area contributed by atoms with Gasteiger partial charge in [0.25, 0.3) is 5.56 Å². The fraction of sp³-hybridized carbons (Fsp3) is 0.773. The highest BCUT2D eigenvalue weighted by Gasteiger charge is 2.51. The standard InChI is InChI=1S/C22H35N5O3/c1-3-5-6-27-19(23)18(20(29)24-21(27)30)26(4-2)13-17(28)25-22-10-14-7-15(11-22)9-16(8-14)12-22/h14-16H,3-13,23H2,1-2H3,(H,25,28)(H,24,29,30). The van der Waals surface area contributed by atoms with Crippen LogP contribution >= 0.6 is 0 Å². The lowest BCUT2D eigenvalue weighted by atomic mass is 9.53. The van der Waals surface area contributed by atoms with Gasteiger partial charge in [-0.3, -0.25) is 19.1 Å². The minimum Gasteiger partial charge on any atom is -0.383 e. The average molecular weight is 418 g/mol. The van der Waals surface area contributed by atoms with Crippen LogP contribution in [0.2, 0.25) is 0 Å². The largest absolute Gasteiger partial charge is 0.383 e. The molecule has 1 aromatic rings. The van der Waals surface area contributed by atoms with E-state index in [-0.39, 0.29) is 29.5 Å². The topological polar surface area (TPSA) is 113 Å². The van der Waals surface area contributed by atoms with Crippen LogP contribution in [0.4, 0.5) is 11.5 Å². The molecule has 4 N–H and O–H groups in total. The molecule has 30 heavy (non-hydrogen) atoms. The fourth-order valence-corrected chi connectivity index (χ4v) is 6.54. The number of anilines is 2. The number of nitrogen functional groups attached to an aromatic ring is 1. The summed E-state index contributed by atoms with van der Waals surface area (Å²) in [5, 5.41) is 3.36. The molecule has 4 fully saturated rings. The maximum atomic E-state index is 13.0. The van der Waals surface area contributed by atoms with Gasteiger partial charge >= 0.3 is 5.69 Å². The van der Waals surface area contributed by atoms with E-state index in [4.69, 9.17) is 5.73 Å². The van der Waals surface area contributed by atoms with E-state index >= 15 is 0 Å². The minimum absolute atomic E-state index is 0.0658. The first-order valence-corrected chi connectivity index (χ1v) is 11.5. The van der Waals surface area contributed by atoms with Crippen molar-refractivity contribution >= 4 is 17.4 Å². The van der Waals surface area contributed by atoms with Crippen LogP contribution in [0.15, 0.2) is 9.59 Å². The van der Waals surface area contributed by atoms with Crippen molar-refractivity contribution in [2.75, 3.05) is 23.7 Å². The molecule has 0 unspecified atom stereocenters. The summed E-state index contributed by atoms with van der Waals surface area (Å²) in [5.41, 5.74) is 5.36. The van der Waals surface area contributed by atoms with Crippen LogP contribution in [0, 0.1) is 17.8 Å². The molecule has 4 saturated carbocycles. The Hall–Kier alpha value is -2.25. The number of aromatic nitrogens is 2. The second-order valence-electron chi connectivity index (χ2n) is 9.76. The van der Waals surface area contributed by atoms with E-state index in [9.17, 15) is 14.4 Å². The molecule has 8 nitrogen and oxygen atoms in total. The van der Waals surface area contributed by atoms with Crippen molar-refractivity contribution in [3.63, 3.8) is 0 Å². The third-order valence-electron chi connectivity index (χ3n) is 7.42. The molecule has 1 amide bonds. The molecule has 1 aromatic heterocycles. The minimum atomic E-state index is -0.533. The summed E-state index contributed by atoms with van der Waals surface area (Å²) in [5.74, 6) is 2.32. The van der Waals surface area contributed by atoms with E-state index in [1.165, 1.54) is 23.8 Å². The van der Waals surface area contributed by atoms with Gasteiger partial charge in [-0.05, 0) is 69.6 Å². The molecule has 4 aliphatic carbocycles. The molecule has 0 atom stereocenters. The number of nitrogens with two attached hydrogens (primary N) is 1. The summed E-state index contributed by atoms with van der Waals surface area (Å²) in [7, 11) is 0. The SMILES string of the molecule is CCCCn1c(N)c(N(CC)CC(=O)NC23CC4CC(CC(C4)C2)C3)c(=O)[nH]c1=O. The molecule has 0 saturated heterocycles. The first kappa shape index (κ1) is 21.0. The van der Waals surface area contributed by atoms with Crippen molar-refractivity contribution in [2.45, 2.75) is 77.3 Å². The van der Waals surface area contributed by atoms with Crippen LogP contribution in [0.3, 0.4) is 0 Å². The van der Waals surface area contributed by atoms with Crippen molar-refractivity contribution in [1.29, 1.82) is 0 Å². The molecule has 4 bridgehead atoms. The lowest BCUT2D eigenvalue weighted by Crippen LogP contribution is -2.61. The monoisotopic (exact) mass is 417 g/mol. The van der Waals surface area contributed by atoms with Gasteiger partial charge in [-0.25, -0.2) is 4.79 Å². The number of hydrogen-bond acceptors (Lipinski definition) is 5. The fourth-order valence-electron chi connectivity index (χ4n) is 6.54. The van der Waals surface area contributed by atoms with E-state index in [0.717, 1.165) is 49.9 Å². The second-order valence-corrected chi connectivity index (χ2v) is 9.76. The Balaban J connectivity index is 1.52. The number of H-pyrrole nitrogens is 1. The van der Waals surface area contributed by atoms with E-state index < -0.39 is 11.2 Å². The Labute approximate surface area is 177 Å². The van der Waals surface area contributed by atoms with Crippen LogP contribution in [0.25, 0.3) is 0 Å². The van der Waals surface area contributed by atoms with Gasteiger partial charge in [0.05, 0.1) is 6.54 Å². The van der Waals surface area contributed by atoms with E-state index in [1.807, 2.05) is 13.8 Å². The van der Waals surface area contributed by atoms with Gasteiger partial charge in [0, 0.05) is 18.6 Å². The molecule has 0 radical (unpaired) electrons. The summed E-state index contributed by atoms with van der Waals surface area (Å²) in [6, 6.07) is 0. The van der Waals surface area contributed by atoms with E-state index in [1.54, 1.807) is 4.90 Å². The third-order valence-corrected chi connectivity index (χ3v) is 7.42. The van der Waals surface area contributed by atoms with Crippen LogP contribution in [-0.2, 0) is 11.3 Å². The van der Waals surface area contributed by atoms with Gasteiger partial charge in [0.15, 0.2) is 0 Å². The van der Waals surface area contributed by atoms with Crippen LogP contribution < -0.4 is 27.2 Å². The van der Waals surface area contributed by atoms with Crippen molar-refractivity contribution < 1.29 is 4.79 Å². The third kappa shape index (κ3) is 3.88. The van der Waals surface area contributed by atoms with Crippen LogP contribution in [0.1, 0.15) is 65.2 Å². The number of aromatic amines is 1. The molecule has 166 valence electrons. The van der Waals surface area contributed by atoms with Gasteiger partial charge in [-0.2, -0.15) is 0 Å². The van der Waals surface area contributed by atoms with Gasteiger partial charge in [0.2, 0.25) is 5.91 Å². The number of carbonyl (C=O) groups is 1. The van der Waals surface area contributed by atoms with Crippen molar-refractivity contribution in [3.8, 4) is 0 Å². The normalized spacial score (nSPS) is 29.2. The smallest absolute Gasteiger partial charge is 0.330 e. The first-order valence-electron chi connectivity index (χ1n) is 11.5. The highest BCUT2D eigenvalue weighted by molar-refractivity contribution is 5.83. The highest BCUT2D eigenvalue weighted by atomic mass is 16.2. The van der Waals surface area contributed by atoms with Crippen LogP contribution in [0.5, 0.6) is 0 Å². The van der Waals surface area contributed by atoms with Gasteiger partial charge < -0.3 is 16.0 Å². The Morgan fingerprint density at radius 2 is 1.77 bits per heavy atom. The first-order chi connectivity index (χ1) is 14.3. The number of likely N-dealkylation sites (N-methyl/N-ethyl adjacent to an activating group) is 1. The summed E-state index contributed by atoms with van der Waals surface area (Å²) >= 11 is 0. The number of unbranched alkanes of at least 4 members (excludes halogenated alkanes) is 1. The molecular formula is C22H35N5O3. The summed E-state index contributed by atoms with van der Waals surface area (Å²) in [6.07, 6.45) is 8.91. The summed E-state index contributed by atoms with van der Waals surface area (Å²) in [6.45, 7) is 4.88. The van der Waals surface area contributed by atoms with E-state index in [2.05, 4.69) is 10.3 Å². The number of nitrogens with one attached hydrogen (secondary N) is 2. The maximum absolute atomic E-state index is 13.0. The molecule has 1 heterocycles. The lowest BCUT2D eigenvalue weighted by Gasteiger charge is -2.57. The van der Waals surface area contributed by atoms with Crippen molar-refractivity contribution in [3.05, 3.63) is 20.8 Å². The average Bonchev–Trinajstić information content (AvgIpc) is 2.65. The number of nitrogens with zero attached hydrogens (tertiary/aromatic N) is 2. The van der Waals surface area contributed by atoms with Gasteiger partial charge in [0.1, 0.15) is 11.5 Å². The zero-order valence-corrected chi connectivity index (χ0v) is 18.2. The predicted octanol–water partition coefficient (Wildman–Crippen LogP) is 1.83. The molecule has 4 aliphatic rings. The Morgan fingerprint density at radius 3 is 2.30 bits per heavy atom. The molecule has 0 aliphatic heterocycles. The zero-order valence-electron chi connectivity index (χ0n) is 18.2. The maximum Gasteiger partial charge on any atom is 0.330 e. The number of carbonyl (C=O) groups excluding carboxylic acids is 1. The Bertz CT molecular complexity index is 883. The van der Waals surface area contributed by atoms with Gasteiger partial charge in [-0.15, -0.1) is 0 Å². The van der Waals surface area contributed by atoms with E-state index in [0.29, 0.717) is 13.1 Å². The zero-order chi connectivity index (χ0) is 21.5. The van der Waals surface area contributed by atoms with Gasteiger partial charge in [-0.1, -0.05) is 13.3 Å². The lowest BCUT2D eigenvalue weighted by molar-refractivity contribution is -0.125. The predicted molar refractivity (Wildman–Crippen MR) is 118 cm³/mol. The van der Waals surface area contributed by atoms with Crippen molar-refractivity contribution in [2.24, 2.45) is 17.8 Å². The number of rotatable bonds is 8. The van der Waals surface area contributed by atoms with Crippen molar-refractivity contribution in [1.82, 2.24) is 14.9 Å². The number of amides is 1. The molecule has 0 spiro atoms.